The average molecular weight is 329 g/mol. The normalized spacial score (nSPS) is 11.6. The Balaban J connectivity index is 2.02. The number of rotatable bonds is 7. The van der Waals surface area contributed by atoms with Crippen LogP contribution in [0.2, 0.25) is 0 Å². The van der Waals surface area contributed by atoms with Gasteiger partial charge in [0.2, 0.25) is 5.91 Å². The SMILES string of the molecule is CCOC(=O)[C@H](Cc1ccccc1)NC(=O)Cc1ccc(F)cc1. The predicted octanol–water partition coefficient (Wildman–Crippen LogP) is 2.66. The molecule has 2 aromatic rings. The highest BCUT2D eigenvalue weighted by atomic mass is 19.1. The highest BCUT2D eigenvalue weighted by Crippen LogP contribution is 2.07. The predicted molar refractivity (Wildman–Crippen MR) is 88.8 cm³/mol. The molecule has 1 N–H and O–H groups in total. The molecule has 0 aromatic heterocycles. The molecule has 0 aliphatic carbocycles. The zero-order valence-electron chi connectivity index (χ0n) is 13.5. The Bertz CT molecular complexity index is 671. The summed E-state index contributed by atoms with van der Waals surface area (Å²) in [5.41, 5.74) is 1.61. The quantitative estimate of drug-likeness (QED) is 0.795. The van der Waals surface area contributed by atoms with Crippen molar-refractivity contribution >= 4 is 11.9 Å². The van der Waals surface area contributed by atoms with Crippen molar-refractivity contribution in [2.24, 2.45) is 0 Å². The van der Waals surface area contributed by atoms with Crippen LogP contribution in [0.4, 0.5) is 4.39 Å². The van der Waals surface area contributed by atoms with E-state index >= 15 is 0 Å². The molecular weight excluding hydrogens is 309 g/mol. The molecule has 0 unspecified atom stereocenters. The van der Waals surface area contributed by atoms with Crippen LogP contribution in [0, 0.1) is 5.82 Å². The van der Waals surface area contributed by atoms with Crippen molar-refractivity contribution in [3.63, 3.8) is 0 Å². The first-order chi connectivity index (χ1) is 11.6. The van der Waals surface area contributed by atoms with E-state index in [-0.39, 0.29) is 24.8 Å². The fraction of sp³-hybridized carbons (Fsp3) is 0.263. The second-order valence-corrected chi connectivity index (χ2v) is 5.37. The van der Waals surface area contributed by atoms with Gasteiger partial charge in [0.1, 0.15) is 11.9 Å². The standard InChI is InChI=1S/C19H20FNO3/c1-2-24-19(23)17(12-14-6-4-3-5-7-14)21-18(22)13-15-8-10-16(20)11-9-15/h3-11,17H,2,12-13H2,1H3,(H,21,22)/t17-/m0/s1. The van der Waals surface area contributed by atoms with Crippen molar-refractivity contribution in [1.29, 1.82) is 0 Å². The van der Waals surface area contributed by atoms with Gasteiger partial charge in [-0.05, 0) is 30.2 Å². The Kier molecular flexibility index (Phi) is 6.49. The van der Waals surface area contributed by atoms with Crippen LogP contribution in [0.3, 0.4) is 0 Å². The van der Waals surface area contributed by atoms with Gasteiger partial charge in [0.15, 0.2) is 0 Å². The largest absolute Gasteiger partial charge is 0.464 e. The second-order valence-electron chi connectivity index (χ2n) is 5.37. The summed E-state index contributed by atoms with van der Waals surface area (Å²) in [5.74, 6) is -1.13. The Morgan fingerprint density at radius 1 is 1.04 bits per heavy atom. The number of ether oxygens (including phenoxy) is 1. The van der Waals surface area contributed by atoms with Crippen molar-refractivity contribution in [2.45, 2.75) is 25.8 Å². The fourth-order valence-electron chi connectivity index (χ4n) is 2.32. The molecule has 1 amide bonds. The molecule has 2 aromatic carbocycles. The lowest BCUT2D eigenvalue weighted by Gasteiger charge is -2.17. The van der Waals surface area contributed by atoms with Crippen molar-refractivity contribution < 1.29 is 18.7 Å². The summed E-state index contributed by atoms with van der Waals surface area (Å²) in [4.78, 5) is 24.3. The number of hydrogen-bond donors (Lipinski definition) is 1. The van der Waals surface area contributed by atoms with Crippen LogP contribution in [0.25, 0.3) is 0 Å². The third-order valence-corrected chi connectivity index (χ3v) is 3.47. The van der Waals surface area contributed by atoms with E-state index in [9.17, 15) is 14.0 Å². The van der Waals surface area contributed by atoms with Crippen LogP contribution in [-0.2, 0) is 27.2 Å². The number of nitrogens with one attached hydrogen (secondary N) is 1. The van der Waals surface area contributed by atoms with Crippen molar-refractivity contribution in [2.75, 3.05) is 6.61 Å². The maximum Gasteiger partial charge on any atom is 0.328 e. The van der Waals surface area contributed by atoms with Crippen molar-refractivity contribution in [3.05, 3.63) is 71.5 Å². The van der Waals surface area contributed by atoms with Gasteiger partial charge in [-0.3, -0.25) is 4.79 Å². The fourth-order valence-corrected chi connectivity index (χ4v) is 2.32. The van der Waals surface area contributed by atoms with E-state index in [2.05, 4.69) is 5.32 Å². The third kappa shape index (κ3) is 5.50. The summed E-state index contributed by atoms with van der Waals surface area (Å²) in [7, 11) is 0. The minimum Gasteiger partial charge on any atom is -0.464 e. The topological polar surface area (TPSA) is 55.4 Å². The van der Waals surface area contributed by atoms with E-state index in [0.29, 0.717) is 12.0 Å². The Morgan fingerprint density at radius 3 is 2.33 bits per heavy atom. The number of halogens is 1. The van der Waals surface area contributed by atoms with Gasteiger partial charge < -0.3 is 10.1 Å². The summed E-state index contributed by atoms with van der Waals surface area (Å²) in [6.45, 7) is 1.97. The van der Waals surface area contributed by atoms with Crippen LogP contribution in [-0.4, -0.2) is 24.5 Å². The number of benzene rings is 2. The average Bonchev–Trinajstić information content (AvgIpc) is 2.57. The van der Waals surface area contributed by atoms with Gasteiger partial charge in [-0.25, -0.2) is 9.18 Å². The molecule has 2 rings (SSSR count). The molecule has 0 saturated carbocycles. The first-order valence-corrected chi connectivity index (χ1v) is 7.83. The van der Waals surface area contributed by atoms with Crippen LogP contribution < -0.4 is 5.32 Å². The van der Waals surface area contributed by atoms with E-state index in [4.69, 9.17) is 4.74 Å². The maximum atomic E-state index is 12.9. The van der Waals surface area contributed by atoms with Gasteiger partial charge >= 0.3 is 5.97 Å². The first kappa shape index (κ1) is 17.7. The van der Waals surface area contributed by atoms with Gasteiger partial charge in [-0.1, -0.05) is 42.5 Å². The number of hydrogen-bond acceptors (Lipinski definition) is 3. The van der Waals surface area contributed by atoms with Gasteiger partial charge in [-0.2, -0.15) is 0 Å². The lowest BCUT2D eigenvalue weighted by Crippen LogP contribution is -2.44. The molecule has 0 aliphatic rings. The summed E-state index contributed by atoms with van der Waals surface area (Å²) in [6, 6.07) is 14.4. The number of esters is 1. The van der Waals surface area contributed by atoms with E-state index in [1.807, 2.05) is 30.3 Å². The van der Waals surface area contributed by atoms with Crippen LogP contribution in [0.1, 0.15) is 18.1 Å². The molecule has 126 valence electrons. The minimum absolute atomic E-state index is 0.0744. The molecule has 0 spiro atoms. The van der Waals surface area contributed by atoms with E-state index < -0.39 is 12.0 Å². The van der Waals surface area contributed by atoms with Crippen LogP contribution >= 0.6 is 0 Å². The lowest BCUT2D eigenvalue weighted by molar-refractivity contribution is -0.147. The third-order valence-electron chi connectivity index (χ3n) is 3.47. The summed E-state index contributed by atoms with van der Waals surface area (Å²) >= 11 is 0. The van der Waals surface area contributed by atoms with Gasteiger partial charge in [0.25, 0.3) is 0 Å². The smallest absolute Gasteiger partial charge is 0.328 e. The molecule has 0 saturated heterocycles. The van der Waals surface area contributed by atoms with Gasteiger partial charge in [0, 0.05) is 6.42 Å². The lowest BCUT2D eigenvalue weighted by atomic mass is 10.1. The van der Waals surface area contributed by atoms with E-state index in [0.717, 1.165) is 5.56 Å². The number of carbonyl (C=O) groups excluding carboxylic acids is 2. The highest BCUT2D eigenvalue weighted by Gasteiger charge is 2.22. The van der Waals surface area contributed by atoms with Crippen molar-refractivity contribution in [1.82, 2.24) is 5.32 Å². The van der Waals surface area contributed by atoms with E-state index in [1.165, 1.54) is 12.1 Å². The molecule has 0 fully saturated rings. The number of amides is 1. The van der Waals surface area contributed by atoms with Gasteiger partial charge in [-0.15, -0.1) is 0 Å². The molecule has 0 radical (unpaired) electrons. The Hall–Kier alpha value is -2.69. The molecular formula is C19H20FNO3. The van der Waals surface area contributed by atoms with E-state index in [1.54, 1.807) is 19.1 Å². The molecule has 0 bridgehead atoms. The summed E-state index contributed by atoms with van der Waals surface area (Å²) in [5, 5.41) is 2.71. The van der Waals surface area contributed by atoms with Crippen molar-refractivity contribution in [3.8, 4) is 0 Å². The summed E-state index contributed by atoms with van der Waals surface area (Å²) in [6.07, 6.45) is 0.430. The molecule has 0 heterocycles. The maximum absolute atomic E-state index is 12.9. The molecule has 1 atom stereocenters. The van der Waals surface area contributed by atoms with Crippen LogP contribution in [0.5, 0.6) is 0 Å². The second kappa shape index (κ2) is 8.82. The van der Waals surface area contributed by atoms with Gasteiger partial charge in [0.05, 0.1) is 13.0 Å². The Labute approximate surface area is 140 Å². The number of carbonyl (C=O) groups is 2. The molecule has 24 heavy (non-hydrogen) atoms. The zero-order valence-corrected chi connectivity index (χ0v) is 13.5. The zero-order chi connectivity index (χ0) is 17.4. The summed E-state index contributed by atoms with van der Waals surface area (Å²) < 4.78 is 17.9. The minimum atomic E-state index is -0.750. The molecule has 4 nitrogen and oxygen atoms in total. The monoisotopic (exact) mass is 329 g/mol. The first-order valence-electron chi connectivity index (χ1n) is 7.83. The highest BCUT2D eigenvalue weighted by molar-refractivity contribution is 5.85. The van der Waals surface area contributed by atoms with Crippen LogP contribution in [0.15, 0.2) is 54.6 Å². The molecule has 5 heteroatoms. The Morgan fingerprint density at radius 2 is 1.71 bits per heavy atom. The molecule has 0 aliphatic heterocycles.